The lowest BCUT2D eigenvalue weighted by Gasteiger charge is -2.41. The van der Waals surface area contributed by atoms with Crippen LogP contribution in [0.1, 0.15) is 49.8 Å². The number of azide groups is 1. The summed E-state index contributed by atoms with van der Waals surface area (Å²) >= 11 is 0. The Bertz CT molecular complexity index is 2060. The Balaban J connectivity index is 1.45. The Morgan fingerprint density at radius 1 is 0.925 bits per heavy atom. The predicted octanol–water partition coefficient (Wildman–Crippen LogP) is 7.80. The molecule has 278 valence electrons. The van der Waals surface area contributed by atoms with Gasteiger partial charge in [0.1, 0.15) is 29.1 Å². The number of halogens is 3. The van der Waals surface area contributed by atoms with Gasteiger partial charge in [0.25, 0.3) is 0 Å². The first-order valence-electron chi connectivity index (χ1n) is 16.9. The second-order valence-electron chi connectivity index (χ2n) is 13.5. The Hall–Kier alpha value is -5.37. The summed E-state index contributed by atoms with van der Waals surface area (Å²) in [7, 11) is -4.03. The van der Waals surface area contributed by atoms with Crippen LogP contribution in [0.2, 0.25) is 0 Å². The van der Waals surface area contributed by atoms with E-state index in [4.69, 9.17) is 4.74 Å². The van der Waals surface area contributed by atoms with Crippen LogP contribution in [0.15, 0.2) is 107 Å². The molecule has 1 fully saturated rings. The van der Waals surface area contributed by atoms with E-state index in [0.717, 1.165) is 12.1 Å². The van der Waals surface area contributed by atoms with E-state index in [1.807, 2.05) is 0 Å². The van der Waals surface area contributed by atoms with Gasteiger partial charge >= 0.3 is 6.09 Å². The molecule has 0 spiro atoms. The van der Waals surface area contributed by atoms with Gasteiger partial charge in [-0.15, -0.1) is 0 Å². The van der Waals surface area contributed by atoms with E-state index in [0.29, 0.717) is 0 Å². The van der Waals surface area contributed by atoms with Crippen LogP contribution in [0.5, 0.6) is 0 Å². The molecule has 53 heavy (non-hydrogen) atoms. The SMILES string of the molecule is CC(C)(C)OC(=O)N1CCN(S(=O)(=O)c2ccccc2)[C@@H](CCc2c(F)cccc2NC(=O)[C@@H](N=[N+]=[N-])C(c2cccc(F)c2)c2cccc(F)c2)C1. The number of benzene rings is 4. The van der Waals surface area contributed by atoms with Crippen LogP contribution in [0, 0.1) is 17.5 Å². The maximum absolute atomic E-state index is 15.6. The van der Waals surface area contributed by atoms with Crippen molar-refractivity contribution in [3.05, 3.63) is 142 Å². The average Bonchev–Trinajstić information content (AvgIpc) is 3.11. The van der Waals surface area contributed by atoms with Gasteiger partial charge in [-0.05, 0) is 98.8 Å². The van der Waals surface area contributed by atoms with Gasteiger partial charge in [0.15, 0.2) is 0 Å². The standard InChI is InChI=1S/C38H39F3N6O5S/c1-38(2,3)52-37(49)46-20-21-47(53(50,51)30-14-5-4-6-15-30)29(24-46)18-19-31-32(41)16-9-17-33(31)43-36(48)35(44-45-42)34(25-10-7-12-27(39)22-25)26-11-8-13-28(40)23-26/h4-17,22-23,29,34-35H,18-21,24H2,1-3H3,(H,43,48)/t29-,35-/m0/s1. The van der Waals surface area contributed by atoms with Crippen molar-refractivity contribution in [2.75, 3.05) is 25.0 Å². The van der Waals surface area contributed by atoms with Crippen LogP contribution < -0.4 is 5.32 Å². The van der Waals surface area contributed by atoms with Crippen LogP contribution >= 0.6 is 0 Å². The summed E-state index contributed by atoms with van der Waals surface area (Å²) in [6.45, 7) is 5.14. The zero-order chi connectivity index (χ0) is 38.3. The lowest BCUT2D eigenvalue weighted by atomic mass is 9.84. The minimum Gasteiger partial charge on any atom is -0.444 e. The molecule has 1 heterocycles. The van der Waals surface area contributed by atoms with E-state index in [1.54, 1.807) is 39.0 Å². The average molecular weight is 749 g/mol. The molecule has 15 heteroatoms. The second-order valence-corrected chi connectivity index (χ2v) is 15.4. The third kappa shape index (κ3) is 9.55. The van der Waals surface area contributed by atoms with Crippen LogP contribution in [0.4, 0.5) is 23.7 Å². The van der Waals surface area contributed by atoms with E-state index in [9.17, 15) is 32.3 Å². The van der Waals surface area contributed by atoms with Crippen molar-refractivity contribution in [1.29, 1.82) is 0 Å². The highest BCUT2D eigenvalue weighted by Gasteiger charge is 2.39. The predicted molar refractivity (Wildman–Crippen MR) is 193 cm³/mol. The Labute approximate surface area is 306 Å². The molecule has 4 aromatic rings. The highest BCUT2D eigenvalue weighted by molar-refractivity contribution is 7.89. The lowest BCUT2D eigenvalue weighted by molar-refractivity contribution is -0.117. The van der Waals surface area contributed by atoms with Crippen molar-refractivity contribution in [2.45, 2.75) is 62.1 Å². The third-order valence-electron chi connectivity index (χ3n) is 8.71. The molecular formula is C38H39F3N6O5S. The summed E-state index contributed by atoms with van der Waals surface area (Å²) < 4.78 is 79.0. The third-order valence-corrected chi connectivity index (χ3v) is 10.7. The highest BCUT2D eigenvalue weighted by Crippen LogP contribution is 2.33. The van der Waals surface area contributed by atoms with E-state index < -0.39 is 63.1 Å². The number of piperazine rings is 1. The fraction of sp³-hybridized carbons (Fsp3) is 0.316. The number of nitrogens with one attached hydrogen (secondary N) is 1. The van der Waals surface area contributed by atoms with Crippen molar-refractivity contribution in [1.82, 2.24) is 9.21 Å². The smallest absolute Gasteiger partial charge is 0.410 e. The maximum atomic E-state index is 15.6. The number of hydrogen-bond acceptors (Lipinski definition) is 6. The molecule has 0 unspecified atom stereocenters. The molecule has 4 aromatic carbocycles. The summed E-state index contributed by atoms with van der Waals surface area (Å²) in [4.78, 5) is 31.4. The van der Waals surface area contributed by atoms with Crippen molar-refractivity contribution in [3.8, 4) is 0 Å². The summed E-state index contributed by atoms with van der Waals surface area (Å²) in [5.41, 5.74) is 9.22. The molecule has 5 rings (SSSR count). The van der Waals surface area contributed by atoms with Crippen LogP contribution in [0.3, 0.4) is 0 Å². The van der Waals surface area contributed by atoms with Gasteiger partial charge in [0, 0.05) is 47.8 Å². The minimum absolute atomic E-state index is 0.0163. The summed E-state index contributed by atoms with van der Waals surface area (Å²) in [6, 6.07) is 20.0. The molecule has 1 aliphatic heterocycles. The van der Waals surface area contributed by atoms with Gasteiger partial charge in [0.2, 0.25) is 15.9 Å². The van der Waals surface area contributed by atoms with Crippen molar-refractivity contribution in [2.24, 2.45) is 5.11 Å². The number of hydrogen-bond donors (Lipinski definition) is 1. The zero-order valence-electron chi connectivity index (χ0n) is 29.3. The number of sulfonamides is 1. The topological polar surface area (TPSA) is 145 Å². The number of carbonyl (C=O) groups excluding carboxylic acids is 2. The molecule has 2 atom stereocenters. The molecule has 1 N–H and O–H groups in total. The highest BCUT2D eigenvalue weighted by atomic mass is 32.2. The van der Waals surface area contributed by atoms with Crippen LogP contribution in [-0.2, 0) is 26.0 Å². The fourth-order valence-corrected chi connectivity index (χ4v) is 8.00. The first-order valence-corrected chi connectivity index (χ1v) is 18.3. The van der Waals surface area contributed by atoms with Crippen molar-refractivity contribution < 1.29 is 35.9 Å². The molecule has 1 aliphatic rings. The number of ether oxygens (including phenoxy) is 1. The van der Waals surface area contributed by atoms with Crippen molar-refractivity contribution >= 4 is 27.7 Å². The largest absolute Gasteiger partial charge is 0.444 e. The maximum Gasteiger partial charge on any atom is 0.410 e. The Morgan fingerprint density at radius 3 is 2.13 bits per heavy atom. The van der Waals surface area contributed by atoms with Gasteiger partial charge in [0.05, 0.1) is 4.90 Å². The monoisotopic (exact) mass is 748 g/mol. The number of carbonyl (C=O) groups is 2. The molecule has 0 aliphatic carbocycles. The first-order chi connectivity index (χ1) is 25.2. The zero-order valence-corrected chi connectivity index (χ0v) is 30.1. The molecule has 0 radical (unpaired) electrons. The van der Waals surface area contributed by atoms with Crippen LogP contribution in [-0.4, -0.2) is 66.9 Å². The number of rotatable bonds is 11. The minimum atomic E-state index is -4.03. The molecule has 2 amide bonds. The van der Waals surface area contributed by atoms with Gasteiger partial charge < -0.3 is 15.0 Å². The second kappa shape index (κ2) is 16.5. The number of anilines is 1. The Kier molecular flexibility index (Phi) is 12.1. The van der Waals surface area contributed by atoms with Gasteiger partial charge in [-0.1, -0.05) is 53.6 Å². The summed E-state index contributed by atoms with van der Waals surface area (Å²) in [5, 5.41) is 6.37. The Morgan fingerprint density at radius 2 is 1.55 bits per heavy atom. The fourth-order valence-electron chi connectivity index (χ4n) is 6.34. The van der Waals surface area contributed by atoms with Gasteiger partial charge in [-0.25, -0.2) is 26.4 Å². The summed E-state index contributed by atoms with van der Waals surface area (Å²) in [6.07, 6.45) is -0.669. The van der Waals surface area contributed by atoms with Crippen molar-refractivity contribution in [3.63, 3.8) is 0 Å². The molecule has 0 saturated carbocycles. The number of amides is 2. The van der Waals surface area contributed by atoms with Gasteiger partial charge in [-0.2, -0.15) is 4.31 Å². The van der Waals surface area contributed by atoms with E-state index >= 15 is 4.39 Å². The quantitative estimate of drug-likeness (QED) is 0.0946. The van der Waals surface area contributed by atoms with Gasteiger partial charge in [-0.3, -0.25) is 4.79 Å². The van der Waals surface area contributed by atoms with E-state index in [-0.39, 0.29) is 59.7 Å². The van der Waals surface area contributed by atoms with Crippen LogP contribution in [0.25, 0.3) is 10.4 Å². The molecule has 11 nitrogen and oxygen atoms in total. The molecule has 1 saturated heterocycles. The normalized spacial score (nSPS) is 15.8. The van der Waals surface area contributed by atoms with E-state index in [1.165, 1.54) is 75.9 Å². The lowest BCUT2D eigenvalue weighted by Crippen LogP contribution is -2.57. The first kappa shape index (κ1) is 38.9. The number of nitrogens with zero attached hydrogens (tertiary/aromatic N) is 5. The molecule has 0 aromatic heterocycles. The molecule has 0 bridgehead atoms. The van der Waals surface area contributed by atoms with E-state index in [2.05, 4.69) is 15.3 Å². The molecular weight excluding hydrogens is 710 g/mol. The summed E-state index contributed by atoms with van der Waals surface area (Å²) in [5.74, 6) is -3.98.